The molecular weight excluding hydrogens is 238 g/mol. The third kappa shape index (κ3) is 4.22. The minimum atomic E-state index is -0.308. The van der Waals surface area contributed by atoms with Crippen LogP contribution in [-0.4, -0.2) is 30.4 Å². The minimum Gasteiger partial charge on any atom is -0.488 e. The lowest BCUT2D eigenvalue weighted by molar-refractivity contribution is 0.00687. The van der Waals surface area contributed by atoms with Crippen molar-refractivity contribution in [3.63, 3.8) is 0 Å². The van der Waals surface area contributed by atoms with Crippen LogP contribution < -0.4 is 10.1 Å². The van der Waals surface area contributed by atoms with Crippen molar-refractivity contribution < 1.29 is 9.84 Å². The summed E-state index contributed by atoms with van der Waals surface area (Å²) in [5, 5.41) is 13.1. The Balaban J connectivity index is 1.91. The lowest BCUT2D eigenvalue weighted by Crippen LogP contribution is -2.34. The van der Waals surface area contributed by atoms with Gasteiger partial charge in [0.05, 0.1) is 6.10 Å². The van der Waals surface area contributed by atoms with Gasteiger partial charge in [-0.15, -0.1) is 0 Å². The molecule has 2 rings (SSSR count). The fraction of sp³-hybridized carbons (Fsp3) is 0.625. The number of aliphatic hydroxyl groups excluding tert-OH is 1. The van der Waals surface area contributed by atoms with E-state index in [1.165, 1.54) is 5.56 Å². The fourth-order valence-corrected chi connectivity index (χ4v) is 2.55. The van der Waals surface area contributed by atoms with Gasteiger partial charge in [0.2, 0.25) is 0 Å². The minimum absolute atomic E-state index is 0.0316. The summed E-state index contributed by atoms with van der Waals surface area (Å²) < 4.78 is 5.89. The molecule has 0 bridgehead atoms. The second-order valence-corrected chi connectivity index (χ2v) is 5.55. The van der Waals surface area contributed by atoms with Crippen LogP contribution in [0.4, 0.5) is 0 Å². The van der Waals surface area contributed by atoms with Gasteiger partial charge in [-0.3, -0.25) is 0 Å². The Morgan fingerprint density at radius 1 is 1.26 bits per heavy atom. The van der Waals surface area contributed by atoms with Crippen LogP contribution in [0.25, 0.3) is 0 Å². The highest BCUT2D eigenvalue weighted by Gasteiger charge is 2.24. The monoisotopic (exact) mass is 263 g/mol. The van der Waals surface area contributed by atoms with Gasteiger partial charge < -0.3 is 15.2 Å². The molecule has 0 spiro atoms. The molecule has 3 atom stereocenters. The first kappa shape index (κ1) is 14.4. The van der Waals surface area contributed by atoms with E-state index in [2.05, 4.69) is 24.4 Å². The molecule has 2 N–H and O–H groups in total. The Bertz CT molecular complexity index is 377. The van der Waals surface area contributed by atoms with Crippen LogP contribution in [-0.2, 0) is 6.42 Å². The van der Waals surface area contributed by atoms with Crippen molar-refractivity contribution in [3.8, 4) is 5.75 Å². The molecule has 1 aromatic rings. The van der Waals surface area contributed by atoms with E-state index in [1.807, 2.05) is 19.2 Å². The predicted octanol–water partition coefficient (Wildman–Crippen LogP) is 2.52. The molecular formula is C16H25NO2. The summed E-state index contributed by atoms with van der Waals surface area (Å²) in [5.41, 5.74) is 1.30. The molecule has 0 radical (unpaired) electrons. The molecule has 1 saturated carbocycles. The van der Waals surface area contributed by atoms with Crippen molar-refractivity contribution in [2.45, 2.75) is 57.3 Å². The van der Waals surface area contributed by atoms with Gasteiger partial charge in [0.25, 0.3) is 0 Å². The maximum absolute atomic E-state index is 9.90. The van der Waals surface area contributed by atoms with Crippen LogP contribution in [0.2, 0.25) is 0 Å². The summed E-state index contributed by atoms with van der Waals surface area (Å²) in [5.74, 6) is 0.867. The highest BCUT2D eigenvalue weighted by Crippen LogP contribution is 2.24. The Labute approximate surface area is 116 Å². The van der Waals surface area contributed by atoms with E-state index in [1.54, 1.807) is 0 Å². The van der Waals surface area contributed by atoms with E-state index >= 15 is 0 Å². The number of benzene rings is 1. The molecule has 1 aromatic carbocycles. The van der Waals surface area contributed by atoms with Gasteiger partial charge in [-0.2, -0.15) is 0 Å². The average molecular weight is 263 g/mol. The maximum atomic E-state index is 9.90. The average Bonchev–Trinajstić information content (AvgIpc) is 2.43. The van der Waals surface area contributed by atoms with Gasteiger partial charge in [-0.05, 0) is 57.4 Å². The van der Waals surface area contributed by atoms with Crippen molar-refractivity contribution in [1.82, 2.24) is 5.32 Å². The Morgan fingerprint density at radius 3 is 2.58 bits per heavy atom. The van der Waals surface area contributed by atoms with Crippen LogP contribution >= 0.6 is 0 Å². The smallest absolute Gasteiger partial charge is 0.124 e. The Hall–Kier alpha value is -1.06. The molecule has 0 amide bonds. The third-order valence-corrected chi connectivity index (χ3v) is 3.91. The van der Waals surface area contributed by atoms with Gasteiger partial charge in [0.15, 0.2) is 0 Å². The highest BCUT2D eigenvalue weighted by atomic mass is 16.5. The number of likely N-dealkylation sites (N-methyl/N-ethyl adjacent to an activating group) is 1. The van der Waals surface area contributed by atoms with Gasteiger partial charge in [-0.1, -0.05) is 18.6 Å². The van der Waals surface area contributed by atoms with Gasteiger partial charge in [-0.25, -0.2) is 0 Å². The normalized spacial score (nSPS) is 25.0. The molecule has 106 valence electrons. The number of aliphatic hydroxyl groups is 1. The number of rotatable bonds is 5. The highest BCUT2D eigenvalue weighted by molar-refractivity contribution is 5.28. The first-order valence-electron chi connectivity index (χ1n) is 7.30. The summed E-state index contributed by atoms with van der Waals surface area (Å²) >= 11 is 0. The van der Waals surface area contributed by atoms with Crippen molar-refractivity contribution >= 4 is 0 Å². The van der Waals surface area contributed by atoms with Crippen molar-refractivity contribution in [3.05, 3.63) is 29.8 Å². The Morgan fingerprint density at radius 2 is 1.95 bits per heavy atom. The number of nitrogens with one attached hydrogen (secondary N) is 1. The van der Waals surface area contributed by atoms with Crippen LogP contribution in [0.15, 0.2) is 24.3 Å². The number of hydrogen-bond acceptors (Lipinski definition) is 3. The zero-order valence-electron chi connectivity index (χ0n) is 11.9. The Kier molecular flexibility index (Phi) is 5.23. The molecule has 1 fully saturated rings. The largest absolute Gasteiger partial charge is 0.488 e. The van der Waals surface area contributed by atoms with E-state index in [0.717, 1.165) is 37.9 Å². The third-order valence-electron chi connectivity index (χ3n) is 3.91. The van der Waals surface area contributed by atoms with Crippen LogP contribution in [0, 0.1) is 0 Å². The number of ether oxygens (including phenoxy) is 1. The maximum Gasteiger partial charge on any atom is 0.124 e. The first-order valence-corrected chi connectivity index (χ1v) is 7.30. The number of hydrogen-bond donors (Lipinski definition) is 2. The van der Waals surface area contributed by atoms with Gasteiger partial charge >= 0.3 is 0 Å². The second kappa shape index (κ2) is 6.92. The molecule has 0 saturated heterocycles. The van der Waals surface area contributed by atoms with Crippen molar-refractivity contribution in [2.24, 2.45) is 0 Å². The quantitative estimate of drug-likeness (QED) is 0.857. The molecule has 3 heteroatoms. The summed E-state index contributed by atoms with van der Waals surface area (Å²) in [6, 6.07) is 8.72. The molecule has 19 heavy (non-hydrogen) atoms. The summed E-state index contributed by atoms with van der Waals surface area (Å²) in [7, 11) is 1.98. The zero-order valence-corrected chi connectivity index (χ0v) is 11.9. The van der Waals surface area contributed by atoms with E-state index in [-0.39, 0.29) is 12.2 Å². The van der Waals surface area contributed by atoms with E-state index in [0.29, 0.717) is 6.04 Å². The van der Waals surface area contributed by atoms with Gasteiger partial charge in [0.1, 0.15) is 11.9 Å². The van der Waals surface area contributed by atoms with Crippen LogP contribution in [0.3, 0.4) is 0 Å². The molecule has 0 aromatic heterocycles. The first-order chi connectivity index (χ1) is 9.19. The van der Waals surface area contributed by atoms with Crippen LogP contribution in [0.5, 0.6) is 5.75 Å². The molecule has 0 heterocycles. The second-order valence-electron chi connectivity index (χ2n) is 5.55. The molecule has 3 nitrogen and oxygen atoms in total. The van der Waals surface area contributed by atoms with Gasteiger partial charge in [0, 0.05) is 6.04 Å². The summed E-state index contributed by atoms with van der Waals surface area (Å²) in [6.45, 7) is 2.17. The molecule has 0 aliphatic heterocycles. The van der Waals surface area contributed by atoms with E-state index < -0.39 is 0 Å². The van der Waals surface area contributed by atoms with E-state index in [4.69, 9.17) is 4.74 Å². The molecule has 3 unspecified atom stereocenters. The standard InChI is InChI=1S/C16H25NO2/c1-12(17-2)11-13-7-9-14(10-8-13)19-16-6-4-3-5-15(16)18/h7-10,12,15-18H,3-6,11H2,1-2H3. The fourth-order valence-electron chi connectivity index (χ4n) is 2.55. The lowest BCUT2D eigenvalue weighted by Gasteiger charge is -2.28. The molecule has 1 aliphatic rings. The predicted molar refractivity (Wildman–Crippen MR) is 77.6 cm³/mol. The summed E-state index contributed by atoms with van der Waals surface area (Å²) in [6.07, 6.45) is 4.76. The van der Waals surface area contributed by atoms with Crippen molar-refractivity contribution in [1.29, 1.82) is 0 Å². The molecule has 1 aliphatic carbocycles. The zero-order chi connectivity index (χ0) is 13.7. The van der Waals surface area contributed by atoms with E-state index in [9.17, 15) is 5.11 Å². The SMILES string of the molecule is CNC(C)Cc1ccc(OC2CCCCC2O)cc1. The van der Waals surface area contributed by atoms with Crippen LogP contribution in [0.1, 0.15) is 38.2 Å². The van der Waals surface area contributed by atoms with Crippen molar-refractivity contribution in [2.75, 3.05) is 7.05 Å². The topological polar surface area (TPSA) is 41.5 Å². The lowest BCUT2D eigenvalue weighted by atomic mass is 9.95. The summed E-state index contributed by atoms with van der Waals surface area (Å²) in [4.78, 5) is 0.